The monoisotopic (exact) mass is 263 g/mol. The first-order valence-corrected chi connectivity index (χ1v) is 5.96. The third-order valence-corrected chi connectivity index (χ3v) is 2.70. The van der Waals surface area contributed by atoms with Crippen LogP contribution in [0.1, 0.15) is 26.7 Å². The summed E-state index contributed by atoms with van der Waals surface area (Å²) in [6, 6.07) is 0. The molecule has 1 heterocycles. The number of nitrogens with zero attached hydrogens (tertiary/aromatic N) is 1. The van der Waals surface area contributed by atoms with Crippen molar-refractivity contribution >= 4 is 21.8 Å². The zero-order valence-corrected chi connectivity index (χ0v) is 10.6. The third-order valence-electron chi connectivity index (χ3n) is 2.41. The smallest absolute Gasteiger partial charge is 0.251 e. The Labute approximate surface area is 93.9 Å². The quantitative estimate of drug-likeness (QED) is 0.727. The second-order valence-electron chi connectivity index (χ2n) is 4.01. The van der Waals surface area contributed by atoms with E-state index < -0.39 is 0 Å². The van der Waals surface area contributed by atoms with E-state index in [9.17, 15) is 4.79 Å². The van der Waals surface area contributed by atoms with E-state index in [0.717, 1.165) is 19.4 Å². The summed E-state index contributed by atoms with van der Waals surface area (Å²) in [4.78, 5) is 13.9. The van der Waals surface area contributed by atoms with E-state index in [1.165, 1.54) is 0 Å². The Morgan fingerprint density at radius 2 is 2.29 bits per heavy atom. The Morgan fingerprint density at radius 3 is 2.71 bits per heavy atom. The first kappa shape index (κ1) is 12.0. The number of ether oxygens (including phenoxy) is 1. The van der Waals surface area contributed by atoms with Crippen molar-refractivity contribution in [3.63, 3.8) is 0 Å². The molecule has 4 heteroatoms. The summed E-state index contributed by atoms with van der Waals surface area (Å²) in [6.45, 7) is 4.77. The van der Waals surface area contributed by atoms with Gasteiger partial charge in [0.1, 0.15) is 6.10 Å². The molecule has 1 aliphatic heterocycles. The number of hydrogen-bond acceptors (Lipinski definition) is 2. The van der Waals surface area contributed by atoms with Crippen LogP contribution in [0.2, 0.25) is 0 Å². The highest BCUT2D eigenvalue weighted by atomic mass is 79.9. The second kappa shape index (κ2) is 5.12. The van der Waals surface area contributed by atoms with Gasteiger partial charge in [-0.15, -0.1) is 0 Å². The highest BCUT2D eigenvalue weighted by molar-refractivity contribution is 9.09. The lowest BCUT2D eigenvalue weighted by atomic mass is 10.2. The second-order valence-corrected chi connectivity index (χ2v) is 5.58. The van der Waals surface area contributed by atoms with Gasteiger partial charge >= 0.3 is 0 Å². The summed E-state index contributed by atoms with van der Waals surface area (Å²) in [5.41, 5.74) is 0. The zero-order valence-electron chi connectivity index (χ0n) is 9.00. The van der Waals surface area contributed by atoms with Crippen molar-refractivity contribution in [3.8, 4) is 0 Å². The molecule has 0 bridgehead atoms. The number of rotatable bonds is 3. The van der Waals surface area contributed by atoms with Crippen LogP contribution in [0, 0.1) is 0 Å². The Kier molecular flexibility index (Phi) is 4.38. The van der Waals surface area contributed by atoms with Gasteiger partial charge in [-0.3, -0.25) is 4.79 Å². The van der Waals surface area contributed by atoms with E-state index in [-0.39, 0.29) is 18.1 Å². The lowest BCUT2D eigenvalue weighted by molar-refractivity contribution is -0.141. The molecular weight excluding hydrogens is 246 g/mol. The molecule has 0 aromatic carbocycles. The summed E-state index contributed by atoms with van der Waals surface area (Å²) in [7, 11) is 1.83. The summed E-state index contributed by atoms with van der Waals surface area (Å²) in [5, 5.41) is 0. The van der Waals surface area contributed by atoms with Crippen LogP contribution >= 0.6 is 15.9 Å². The molecule has 0 aromatic rings. The van der Waals surface area contributed by atoms with E-state index in [1.807, 2.05) is 20.9 Å². The minimum absolute atomic E-state index is 0.112. The normalized spacial score (nSPS) is 28.9. The van der Waals surface area contributed by atoms with E-state index in [1.54, 1.807) is 4.90 Å². The minimum Gasteiger partial charge on any atom is -0.365 e. The molecule has 0 spiro atoms. The maximum Gasteiger partial charge on any atom is 0.251 e. The molecule has 0 aliphatic carbocycles. The van der Waals surface area contributed by atoms with Crippen LogP contribution in [-0.4, -0.2) is 41.4 Å². The van der Waals surface area contributed by atoms with Gasteiger partial charge in [0.15, 0.2) is 0 Å². The third kappa shape index (κ3) is 3.24. The number of likely N-dealkylation sites (N-methyl/N-ethyl adjacent to an activating group) is 1. The van der Waals surface area contributed by atoms with Crippen molar-refractivity contribution in [2.75, 3.05) is 13.6 Å². The van der Waals surface area contributed by atoms with E-state index >= 15 is 0 Å². The van der Waals surface area contributed by atoms with Crippen molar-refractivity contribution in [1.82, 2.24) is 4.90 Å². The maximum atomic E-state index is 11.8. The molecule has 1 amide bonds. The molecule has 0 aromatic heterocycles. The molecule has 82 valence electrons. The molecule has 1 aliphatic rings. The largest absolute Gasteiger partial charge is 0.365 e. The van der Waals surface area contributed by atoms with Crippen molar-refractivity contribution in [1.29, 1.82) is 0 Å². The van der Waals surface area contributed by atoms with Crippen LogP contribution < -0.4 is 0 Å². The predicted octanol–water partition coefficient (Wildman–Crippen LogP) is 1.80. The average Bonchev–Trinajstić information content (AvgIpc) is 2.49. The summed E-state index contributed by atoms with van der Waals surface area (Å²) in [5.74, 6) is 0.112. The molecule has 3 unspecified atom stereocenters. The first-order valence-electron chi connectivity index (χ1n) is 5.05. The number of alkyl halides is 1. The van der Waals surface area contributed by atoms with E-state index in [4.69, 9.17) is 4.74 Å². The lowest BCUT2D eigenvalue weighted by Gasteiger charge is -2.22. The van der Waals surface area contributed by atoms with Crippen LogP contribution in [0.3, 0.4) is 0 Å². The minimum atomic E-state index is -0.207. The van der Waals surface area contributed by atoms with Crippen molar-refractivity contribution in [2.45, 2.75) is 43.7 Å². The van der Waals surface area contributed by atoms with Gasteiger partial charge in [-0.2, -0.15) is 0 Å². The van der Waals surface area contributed by atoms with Crippen LogP contribution in [0.25, 0.3) is 0 Å². The van der Waals surface area contributed by atoms with Crippen molar-refractivity contribution in [2.24, 2.45) is 0 Å². The van der Waals surface area contributed by atoms with Gasteiger partial charge in [0, 0.05) is 18.4 Å². The SMILES string of the molecule is CC(Br)CN(C)C(=O)C1CCC(C)O1. The molecule has 0 radical (unpaired) electrons. The number of amides is 1. The molecule has 1 fully saturated rings. The van der Waals surface area contributed by atoms with Gasteiger partial charge in [0.2, 0.25) is 0 Å². The molecular formula is C10H18BrNO2. The highest BCUT2D eigenvalue weighted by Gasteiger charge is 2.30. The average molecular weight is 264 g/mol. The van der Waals surface area contributed by atoms with E-state index in [0.29, 0.717) is 4.83 Å². The maximum absolute atomic E-state index is 11.8. The predicted molar refractivity (Wildman–Crippen MR) is 59.6 cm³/mol. The molecule has 1 rings (SSSR count). The van der Waals surface area contributed by atoms with Crippen molar-refractivity contribution in [3.05, 3.63) is 0 Å². The van der Waals surface area contributed by atoms with Gasteiger partial charge in [-0.25, -0.2) is 0 Å². The fourth-order valence-electron chi connectivity index (χ4n) is 1.70. The van der Waals surface area contributed by atoms with Crippen LogP contribution in [0.15, 0.2) is 0 Å². The topological polar surface area (TPSA) is 29.5 Å². The number of carbonyl (C=O) groups excluding carboxylic acids is 1. The van der Waals surface area contributed by atoms with Gasteiger partial charge in [-0.05, 0) is 19.8 Å². The Bertz CT molecular complexity index is 208. The molecule has 0 N–H and O–H groups in total. The molecule has 1 saturated heterocycles. The Balaban J connectivity index is 2.40. The van der Waals surface area contributed by atoms with Crippen LogP contribution in [0.5, 0.6) is 0 Å². The fourth-order valence-corrected chi connectivity index (χ4v) is 2.13. The summed E-state index contributed by atoms with van der Waals surface area (Å²) in [6.07, 6.45) is 1.88. The van der Waals surface area contributed by atoms with Gasteiger partial charge in [0.05, 0.1) is 6.10 Å². The van der Waals surface area contributed by atoms with Crippen LogP contribution in [-0.2, 0) is 9.53 Å². The van der Waals surface area contributed by atoms with Gasteiger partial charge < -0.3 is 9.64 Å². The Hall–Kier alpha value is -0.0900. The number of hydrogen-bond donors (Lipinski definition) is 0. The molecule has 3 nitrogen and oxygen atoms in total. The number of carbonyl (C=O) groups is 1. The Morgan fingerprint density at radius 1 is 1.64 bits per heavy atom. The lowest BCUT2D eigenvalue weighted by Crippen LogP contribution is -2.38. The van der Waals surface area contributed by atoms with Crippen molar-refractivity contribution < 1.29 is 9.53 Å². The standard InChI is InChI=1S/C10H18BrNO2/c1-7(11)6-12(3)10(13)9-5-4-8(2)14-9/h7-9H,4-6H2,1-3H3. The molecule has 14 heavy (non-hydrogen) atoms. The first-order chi connectivity index (χ1) is 6.50. The molecule has 0 saturated carbocycles. The fraction of sp³-hybridized carbons (Fsp3) is 0.900. The number of halogens is 1. The van der Waals surface area contributed by atoms with Gasteiger partial charge in [-0.1, -0.05) is 22.9 Å². The molecule has 3 atom stereocenters. The summed E-state index contributed by atoms with van der Waals surface area (Å²) >= 11 is 3.43. The van der Waals surface area contributed by atoms with Gasteiger partial charge in [0.25, 0.3) is 5.91 Å². The zero-order chi connectivity index (χ0) is 10.7. The summed E-state index contributed by atoms with van der Waals surface area (Å²) < 4.78 is 5.52. The van der Waals surface area contributed by atoms with Crippen LogP contribution in [0.4, 0.5) is 0 Å². The van der Waals surface area contributed by atoms with E-state index in [2.05, 4.69) is 15.9 Å². The highest BCUT2D eigenvalue weighted by Crippen LogP contribution is 2.20.